The third kappa shape index (κ3) is 3.08. The molecule has 0 atom stereocenters. The van der Waals surface area contributed by atoms with Crippen molar-refractivity contribution in [2.24, 2.45) is 7.05 Å². The predicted octanol–water partition coefficient (Wildman–Crippen LogP) is 2.33. The van der Waals surface area contributed by atoms with Crippen LogP contribution in [0.25, 0.3) is 0 Å². The Morgan fingerprint density at radius 3 is 2.85 bits per heavy atom. The van der Waals surface area contributed by atoms with Crippen molar-refractivity contribution in [3.63, 3.8) is 0 Å². The van der Waals surface area contributed by atoms with Crippen LogP contribution in [-0.4, -0.2) is 26.2 Å². The molecule has 0 saturated carbocycles. The monoisotopic (exact) mass is 294 g/mol. The number of aliphatic hydroxyl groups excluding tert-OH is 1. The number of rotatable bonds is 5. The summed E-state index contributed by atoms with van der Waals surface area (Å²) < 4.78 is 14.9. The maximum absolute atomic E-state index is 13.2. The van der Waals surface area contributed by atoms with Gasteiger partial charge in [-0.15, -0.1) is 0 Å². The van der Waals surface area contributed by atoms with E-state index in [1.807, 2.05) is 0 Å². The number of carbonyl (C=O) groups excluding carboxylic acids is 1. The molecule has 1 N–H and O–H groups in total. The zero-order valence-corrected chi connectivity index (χ0v) is 12.1. The fraction of sp³-hybridized carbons (Fsp3) is 0.286. The molecule has 0 radical (unpaired) electrons. The Bertz CT molecular complexity index is 640. The van der Waals surface area contributed by atoms with E-state index in [1.54, 1.807) is 30.8 Å². The number of hydrogen-bond donors (Lipinski definition) is 1. The van der Waals surface area contributed by atoms with Gasteiger partial charge in [-0.1, -0.05) is 11.8 Å². The van der Waals surface area contributed by atoms with Crippen LogP contribution in [0.1, 0.15) is 21.6 Å². The Balaban J connectivity index is 2.04. The van der Waals surface area contributed by atoms with Crippen molar-refractivity contribution in [1.29, 1.82) is 0 Å². The molecule has 0 spiro atoms. The fourth-order valence-corrected chi connectivity index (χ4v) is 2.60. The number of ketones is 1. The topological polar surface area (TPSA) is 55.1 Å². The fourth-order valence-electron chi connectivity index (χ4n) is 1.74. The standard InChI is InChI=1S/C14H15FN2O2S/c1-9-5-10(3-4-12(9)15)13(19)8-20-14-16-6-11(7-18)17(14)2/h3-6,18H,7-8H2,1-2H3. The van der Waals surface area contributed by atoms with Crippen molar-refractivity contribution in [3.8, 4) is 0 Å². The minimum absolute atomic E-state index is 0.0772. The average Bonchev–Trinajstić information content (AvgIpc) is 2.79. The predicted molar refractivity (Wildman–Crippen MR) is 75.3 cm³/mol. The summed E-state index contributed by atoms with van der Waals surface area (Å²) in [5.41, 5.74) is 1.64. The number of halogens is 1. The third-order valence-corrected chi connectivity index (χ3v) is 4.06. The lowest BCUT2D eigenvalue weighted by atomic mass is 10.1. The number of nitrogens with zero attached hydrogens (tertiary/aromatic N) is 2. The highest BCUT2D eigenvalue weighted by atomic mass is 32.2. The van der Waals surface area contributed by atoms with E-state index in [0.717, 1.165) is 0 Å². The number of Topliss-reactive ketones (excluding diaryl/α,β-unsaturated/α-hetero) is 1. The summed E-state index contributed by atoms with van der Waals surface area (Å²) in [7, 11) is 1.79. The van der Waals surface area contributed by atoms with Crippen LogP contribution in [0.2, 0.25) is 0 Å². The first-order valence-electron chi connectivity index (χ1n) is 6.06. The number of benzene rings is 1. The average molecular weight is 294 g/mol. The van der Waals surface area contributed by atoms with Gasteiger partial charge >= 0.3 is 0 Å². The van der Waals surface area contributed by atoms with Crippen molar-refractivity contribution in [2.45, 2.75) is 18.7 Å². The number of thioether (sulfide) groups is 1. The van der Waals surface area contributed by atoms with E-state index in [2.05, 4.69) is 4.98 Å². The zero-order valence-electron chi connectivity index (χ0n) is 11.3. The number of aryl methyl sites for hydroxylation is 1. The van der Waals surface area contributed by atoms with Gasteiger partial charge in [0.15, 0.2) is 10.9 Å². The molecule has 0 bridgehead atoms. The second kappa shape index (κ2) is 6.19. The van der Waals surface area contributed by atoms with Crippen LogP contribution in [0.15, 0.2) is 29.6 Å². The van der Waals surface area contributed by atoms with Crippen LogP contribution in [0.4, 0.5) is 4.39 Å². The number of aliphatic hydroxyl groups is 1. The van der Waals surface area contributed by atoms with Crippen molar-refractivity contribution < 1.29 is 14.3 Å². The van der Waals surface area contributed by atoms with Crippen LogP contribution < -0.4 is 0 Å². The highest BCUT2D eigenvalue weighted by molar-refractivity contribution is 7.99. The van der Waals surface area contributed by atoms with E-state index in [0.29, 0.717) is 22.0 Å². The van der Waals surface area contributed by atoms with Crippen LogP contribution in [0.5, 0.6) is 0 Å². The van der Waals surface area contributed by atoms with E-state index < -0.39 is 0 Å². The maximum atomic E-state index is 13.2. The number of hydrogen-bond acceptors (Lipinski definition) is 4. The molecule has 0 fully saturated rings. The third-order valence-electron chi connectivity index (χ3n) is 3.02. The minimum atomic E-state index is -0.314. The highest BCUT2D eigenvalue weighted by Crippen LogP contribution is 2.19. The summed E-state index contributed by atoms with van der Waals surface area (Å²) in [5, 5.41) is 9.74. The van der Waals surface area contributed by atoms with Gasteiger partial charge in [0.05, 0.1) is 24.3 Å². The molecule has 0 saturated heterocycles. The highest BCUT2D eigenvalue weighted by Gasteiger charge is 2.12. The number of imidazole rings is 1. The lowest BCUT2D eigenvalue weighted by Gasteiger charge is -2.05. The van der Waals surface area contributed by atoms with Crippen LogP contribution in [0.3, 0.4) is 0 Å². The van der Waals surface area contributed by atoms with Crippen LogP contribution in [-0.2, 0) is 13.7 Å². The van der Waals surface area contributed by atoms with E-state index in [4.69, 9.17) is 5.11 Å². The Kier molecular flexibility index (Phi) is 4.57. The Hall–Kier alpha value is -1.66. The van der Waals surface area contributed by atoms with Gasteiger partial charge < -0.3 is 9.67 Å². The Morgan fingerprint density at radius 1 is 1.50 bits per heavy atom. The zero-order chi connectivity index (χ0) is 14.7. The largest absolute Gasteiger partial charge is 0.390 e. The van der Waals surface area contributed by atoms with Crippen molar-refractivity contribution in [2.75, 3.05) is 5.75 Å². The molecule has 0 aliphatic rings. The molecular weight excluding hydrogens is 279 g/mol. The molecule has 20 heavy (non-hydrogen) atoms. The molecule has 2 aromatic rings. The summed E-state index contributed by atoms with van der Waals surface area (Å²) in [5.74, 6) is -0.168. The van der Waals surface area contributed by atoms with Gasteiger partial charge in [-0.25, -0.2) is 9.37 Å². The summed E-state index contributed by atoms with van der Waals surface area (Å²) in [4.78, 5) is 16.2. The molecule has 2 rings (SSSR count). The normalized spacial score (nSPS) is 10.8. The van der Waals surface area contributed by atoms with Gasteiger partial charge in [0.25, 0.3) is 0 Å². The first-order valence-corrected chi connectivity index (χ1v) is 7.05. The van der Waals surface area contributed by atoms with E-state index in [1.165, 1.54) is 23.9 Å². The molecule has 6 heteroatoms. The van der Waals surface area contributed by atoms with Gasteiger partial charge in [-0.05, 0) is 30.7 Å². The van der Waals surface area contributed by atoms with E-state index in [9.17, 15) is 9.18 Å². The molecular formula is C14H15FN2O2S. The van der Waals surface area contributed by atoms with Crippen molar-refractivity contribution in [3.05, 3.63) is 47.0 Å². The SMILES string of the molecule is Cc1cc(C(=O)CSc2ncc(CO)n2C)ccc1F. The van der Waals surface area contributed by atoms with Crippen molar-refractivity contribution in [1.82, 2.24) is 9.55 Å². The van der Waals surface area contributed by atoms with E-state index in [-0.39, 0.29) is 24.0 Å². The summed E-state index contributed by atoms with van der Waals surface area (Å²) in [6.07, 6.45) is 1.58. The number of carbonyl (C=O) groups is 1. The van der Waals surface area contributed by atoms with Crippen LogP contribution in [0, 0.1) is 12.7 Å². The van der Waals surface area contributed by atoms with Crippen molar-refractivity contribution >= 4 is 17.5 Å². The summed E-state index contributed by atoms with van der Waals surface area (Å²) in [6.45, 7) is 1.54. The minimum Gasteiger partial charge on any atom is -0.390 e. The molecule has 0 aliphatic heterocycles. The Labute approximate surface area is 120 Å². The maximum Gasteiger partial charge on any atom is 0.173 e. The second-order valence-corrected chi connectivity index (χ2v) is 5.37. The van der Waals surface area contributed by atoms with E-state index >= 15 is 0 Å². The van der Waals surface area contributed by atoms with Gasteiger partial charge in [0.2, 0.25) is 0 Å². The molecule has 1 heterocycles. The molecule has 4 nitrogen and oxygen atoms in total. The first kappa shape index (κ1) is 14.7. The smallest absolute Gasteiger partial charge is 0.173 e. The van der Waals surface area contributed by atoms with Crippen LogP contribution >= 0.6 is 11.8 Å². The summed E-state index contributed by atoms with van der Waals surface area (Å²) in [6, 6.07) is 4.34. The Morgan fingerprint density at radius 2 is 2.25 bits per heavy atom. The molecule has 106 valence electrons. The second-order valence-electron chi connectivity index (χ2n) is 4.43. The lowest BCUT2D eigenvalue weighted by Crippen LogP contribution is -2.05. The first-order chi connectivity index (χ1) is 9.52. The van der Waals surface area contributed by atoms with Gasteiger partial charge in [0.1, 0.15) is 5.82 Å². The molecule has 1 aromatic carbocycles. The lowest BCUT2D eigenvalue weighted by molar-refractivity contribution is 0.102. The van der Waals surface area contributed by atoms with Gasteiger partial charge in [-0.3, -0.25) is 4.79 Å². The quantitative estimate of drug-likeness (QED) is 0.679. The molecule has 1 aromatic heterocycles. The van der Waals surface area contributed by atoms with Gasteiger partial charge in [0, 0.05) is 12.6 Å². The molecule has 0 unspecified atom stereocenters. The summed E-state index contributed by atoms with van der Waals surface area (Å²) >= 11 is 1.29. The van der Waals surface area contributed by atoms with Gasteiger partial charge in [-0.2, -0.15) is 0 Å². The molecule has 0 amide bonds. The molecule has 0 aliphatic carbocycles. The number of aromatic nitrogens is 2.